The van der Waals surface area contributed by atoms with Gasteiger partial charge < -0.3 is 19.7 Å². The van der Waals surface area contributed by atoms with Crippen molar-refractivity contribution >= 4 is 18.0 Å². The first-order chi connectivity index (χ1) is 13.5. The van der Waals surface area contributed by atoms with Gasteiger partial charge >= 0.3 is 18.0 Å². The third-order valence-electron chi connectivity index (χ3n) is 5.22. The Morgan fingerprint density at radius 3 is 2.07 bits per heavy atom. The molecule has 2 N–H and O–H groups in total. The van der Waals surface area contributed by atoms with Crippen LogP contribution >= 0.6 is 0 Å². The summed E-state index contributed by atoms with van der Waals surface area (Å²) in [5.74, 6) is -2.56. The van der Waals surface area contributed by atoms with Crippen LogP contribution in [0.2, 0.25) is 0 Å². The minimum Gasteiger partial charge on any atom is -0.479 e. The Kier molecular flexibility index (Phi) is 6.57. The van der Waals surface area contributed by atoms with E-state index in [2.05, 4.69) is 0 Å². The molecule has 8 nitrogen and oxygen atoms in total. The van der Waals surface area contributed by atoms with Crippen LogP contribution in [-0.2, 0) is 25.7 Å². The van der Waals surface area contributed by atoms with Gasteiger partial charge in [0.1, 0.15) is 11.1 Å². The van der Waals surface area contributed by atoms with E-state index in [4.69, 9.17) is 9.47 Å². The Morgan fingerprint density at radius 2 is 1.59 bits per heavy atom. The summed E-state index contributed by atoms with van der Waals surface area (Å²) >= 11 is 0. The molecular weight excluding hydrogens is 378 g/mol. The Balaban J connectivity index is 2.39. The van der Waals surface area contributed by atoms with E-state index in [1.807, 2.05) is 30.3 Å². The monoisotopic (exact) mass is 407 g/mol. The number of carboxylic acids is 2. The summed E-state index contributed by atoms with van der Waals surface area (Å²) in [7, 11) is 0. The fourth-order valence-corrected chi connectivity index (χ4v) is 3.71. The highest BCUT2D eigenvalue weighted by Crippen LogP contribution is 2.45. The van der Waals surface area contributed by atoms with Crippen LogP contribution in [0.1, 0.15) is 52.5 Å². The molecule has 8 heteroatoms. The summed E-state index contributed by atoms with van der Waals surface area (Å²) in [6, 6.07) is 9.19. The van der Waals surface area contributed by atoms with Crippen molar-refractivity contribution in [2.75, 3.05) is 6.61 Å². The molecule has 1 aliphatic heterocycles. The predicted octanol–water partition coefficient (Wildman–Crippen LogP) is 3.29. The summed E-state index contributed by atoms with van der Waals surface area (Å²) in [5.41, 5.74) is -3.57. The van der Waals surface area contributed by atoms with Gasteiger partial charge in [-0.25, -0.2) is 14.4 Å². The Bertz CT molecular complexity index is 758. The Hall–Kier alpha value is -2.61. The lowest BCUT2D eigenvalue weighted by molar-refractivity contribution is -0.164. The summed E-state index contributed by atoms with van der Waals surface area (Å²) in [4.78, 5) is 38.4. The zero-order valence-corrected chi connectivity index (χ0v) is 17.3. The van der Waals surface area contributed by atoms with Crippen LogP contribution in [0.5, 0.6) is 0 Å². The second-order valence-corrected chi connectivity index (χ2v) is 8.32. The molecule has 2 atom stereocenters. The van der Waals surface area contributed by atoms with Crippen LogP contribution in [0.3, 0.4) is 0 Å². The summed E-state index contributed by atoms with van der Waals surface area (Å²) in [6.07, 6.45) is -0.963. The number of rotatable bonds is 7. The molecule has 0 bridgehead atoms. The minimum atomic E-state index is -1.83. The van der Waals surface area contributed by atoms with Gasteiger partial charge in [-0.05, 0) is 45.6 Å². The van der Waals surface area contributed by atoms with Crippen molar-refractivity contribution in [3.05, 3.63) is 35.9 Å². The molecule has 2 unspecified atom stereocenters. The average molecular weight is 407 g/mol. The standard InChI is InChI=1S/C21H29NO7/c1-5-20(16(23)24)11-12-21(17(25)26,22(20)18(27)29-19(2,3)4)14-28-13-15-9-7-6-8-10-15/h6-10H,5,11-14H2,1-4H3,(H,23,24)(H,25,26). The van der Waals surface area contributed by atoms with Gasteiger partial charge in [0, 0.05) is 0 Å². The summed E-state index contributed by atoms with van der Waals surface area (Å²) in [6.45, 7) is 6.35. The summed E-state index contributed by atoms with van der Waals surface area (Å²) in [5, 5.41) is 20.0. The third-order valence-corrected chi connectivity index (χ3v) is 5.22. The fourth-order valence-electron chi connectivity index (χ4n) is 3.71. The Morgan fingerprint density at radius 1 is 1.03 bits per heavy atom. The lowest BCUT2D eigenvalue weighted by Crippen LogP contribution is -2.65. The predicted molar refractivity (Wildman–Crippen MR) is 104 cm³/mol. The van der Waals surface area contributed by atoms with Crippen LogP contribution in [-0.4, -0.2) is 56.4 Å². The van der Waals surface area contributed by atoms with E-state index in [9.17, 15) is 24.6 Å². The van der Waals surface area contributed by atoms with Crippen molar-refractivity contribution in [2.45, 2.75) is 70.2 Å². The summed E-state index contributed by atoms with van der Waals surface area (Å²) < 4.78 is 11.1. The van der Waals surface area contributed by atoms with E-state index in [0.717, 1.165) is 10.5 Å². The fraction of sp³-hybridized carbons (Fsp3) is 0.571. The molecule has 1 heterocycles. The van der Waals surface area contributed by atoms with E-state index < -0.39 is 34.7 Å². The lowest BCUT2D eigenvalue weighted by Gasteiger charge is -2.42. The number of aliphatic carboxylic acids is 2. The second-order valence-electron chi connectivity index (χ2n) is 8.32. The van der Waals surface area contributed by atoms with Gasteiger partial charge in [0.05, 0.1) is 13.2 Å². The molecule has 1 amide bonds. The smallest absolute Gasteiger partial charge is 0.412 e. The molecule has 1 saturated heterocycles. The van der Waals surface area contributed by atoms with Crippen LogP contribution in [0.4, 0.5) is 4.79 Å². The number of hydrogen-bond donors (Lipinski definition) is 2. The van der Waals surface area contributed by atoms with Crippen LogP contribution in [0.25, 0.3) is 0 Å². The van der Waals surface area contributed by atoms with E-state index in [1.54, 1.807) is 27.7 Å². The zero-order valence-electron chi connectivity index (χ0n) is 17.3. The van der Waals surface area contributed by atoms with E-state index in [1.165, 1.54) is 0 Å². The topological polar surface area (TPSA) is 113 Å². The maximum absolute atomic E-state index is 13.0. The number of carbonyl (C=O) groups is 3. The van der Waals surface area contributed by atoms with E-state index >= 15 is 0 Å². The van der Waals surface area contributed by atoms with Crippen LogP contribution < -0.4 is 0 Å². The molecule has 1 aliphatic rings. The van der Waals surface area contributed by atoms with Crippen molar-refractivity contribution in [3.63, 3.8) is 0 Å². The number of carbonyl (C=O) groups excluding carboxylic acids is 1. The van der Waals surface area contributed by atoms with Gasteiger partial charge in [-0.1, -0.05) is 37.3 Å². The molecular formula is C21H29NO7. The largest absolute Gasteiger partial charge is 0.479 e. The molecule has 0 aromatic heterocycles. The molecule has 2 rings (SSSR count). The molecule has 0 saturated carbocycles. The average Bonchev–Trinajstić information content (AvgIpc) is 2.98. The first kappa shape index (κ1) is 22.7. The third kappa shape index (κ3) is 4.53. The maximum Gasteiger partial charge on any atom is 0.412 e. The molecule has 0 spiro atoms. The van der Waals surface area contributed by atoms with Gasteiger partial charge in [-0.3, -0.25) is 4.90 Å². The lowest BCUT2D eigenvalue weighted by atomic mass is 9.93. The molecule has 1 aromatic rings. The normalized spacial score (nSPS) is 24.3. The van der Waals surface area contributed by atoms with Crippen molar-refractivity contribution in [1.82, 2.24) is 4.90 Å². The number of hydrogen-bond acceptors (Lipinski definition) is 5. The number of ether oxygens (including phenoxy) is 2. The first-order valence-corrected chi connectivity index (χ1v) is 9.60. The quantitative estimate of drug-likeness (QED) is 0.713. The number of nitrogens with zero attached hydrogens (tertiary/aromatic N) is 1. The molecule has 160 valence electrons. The molecule has 0 aliphatic carbocycles. The van der Waals surface area contributed by atoms with Gasteiger partial charge in [0.15, 0.2) is 5.54 Å². The first-order valence-electron chi connectivity index (χ1n) is 9.60. The van der Waals surface area contributed by atoms with Crippen LogP contribution in [0.15, 0.2) is 30.3 Å². The maximum atomic E-state index is 13.0. The molecule has 29 heavy (non-hydrogen) atoms. The van der Waals surface area contributed by atoms with Gasteiger partial charge in [-0.15, -0.1) is 0 Å². The van der Waals surface area contributed by atoms with Gasteiger partial charge in [0.2, 0.25) is 0 Å². The number of carboxylic acid groups (broad SMARTS) is 2. The molecule has 1 aromatic carbocycles. The molecule has 0 radical (unpaired) electrons. The number of benzene rings is 1. The van der Waals surface area contributed by atoms with E-state index in [-0.39, 0.29) is 32.5 Å². The van der Waals surface area contributed by atoms with Crippen molar-refractivity contribution in [2.24, 2.45) is 0 Å². The van der Waals surface area contributed by atoms with Crippen molar-refractivity contribution in [1.29, 1.82) is 0 Å². The van der Waals surface area contributed by atoms with Gasteiger partial charge in [0.25, 0.3) is 0 Å². The highest BCUT2D eigenvalue weighted by molar-refractivity contribution is 5.92. The van der Waals surface area contributed by atoms with Crippen LogP contribution in [0, 0.1) is 0 Å². The minimum absolute atomic E-state index is 0.000919. The number of likely N-dealkylation sites (tertiary alicyclic amines) is 1. The van der Waals surface area contributed by atoms with Crippen molar-refractivity contribution in [3.8, 4) is 0 Å². The number of amides is 1. The SMILES string of the molecule is CCC1(C(=O)O)CCC(COCc2ccccc2)(C(=O)O)N1C(=O)OC(C)(C)C. The van der Waals surface area contributed by atoms with Gasteiger partial charge in [-0.2, -0.15) is 0 Å². The highest BCUT2D eigenvalue weighted by atomic mass is 16.6. The van der Waals surface area contributed by atoms with E-state index in [0.29, 0.717) is 0 Å². The highest BCUT2D eigenvalue weighted by Gasteiger charge is 2.65. The zero-order chi connectivity index (χ0) is 21.9. The van der Waals surface area contributed by atoms with Crippen molar-refractivity contribution < 1.29 is 34.1 Å². The Labute approximate surface area is 170 Å². The molecule has 1 fully saturated rings. The second kappa shape index (κ2) is 8.41.